The minimum Gasteiger partial charge on any atom is -0.507 e. The number of aryl methyl sites for hydroxylation is 1. The van der Waals surface area contributed by atoms with Gasteiger partial charge in [-0.25, -0.2) is 0 Å². The Balaban J connectivity index is 1.92. The Labute approximate surface area is 175 Å². The van der Waals surface area contributed by atoms with Crippen LogP contribution in [0.1, 0.15) is 57.4 Å². The van der Waals surface area contributed by atoms with Crippen molar-refractivity contribution in [2.45, 2.75) is 58.3 Å². The summed E-state index contributed by atoms with van der Waals surface area (Å²) in [5, 5.41) is 40.1. The first-order chi connectivity index (χ1) is 14.4. The minimum absolute atomic E-state index is 0.0764. The summed E-state index contributed by atoms with van der Waals surface area (Å²) in [5.74, 6) is -2.34. The molecule has 0 aliphatic heterocycles. The topological polar surface area (TPSA) is 111 Å². The fourth-order valence-electron chi connectivity index (χ4n) is 3.66. The summed E-state index contributed by atoms with van der Waals surface area (Å²) in [6.45, 7) is 2.19. The van der Waals surface area contributed by atoms with Crippen LogP contribution in [0.4, 0.5) is 0 Å². The van der Waals surface area contributed by atoms with E-state index >= 15 is 0 Å². The smallest absolute Gasteiger partial charge is 0.235 e. The normalized spacial score (nSPS) is 11.2. The van der Waals surface area contributed by atoms with Crippen LogP contribution in [0.25, 0.3) is 22.3 Å². The van der Waals surface area contributed by atoms with Crippen LogP contribution >= 0.6 is 0 Å². The molecule has 3 aromatic rings. The lowest BCUT2D eigenvalue weighted by atomic mass is 10.0. The second-order valence-corrected chi connectivity index (χ2v) is 7.63. The van der Waals surface area contributed by atoms with Gasteiger partial charge >= 0.3 is 0 Å². The molecule has 2 aromatic carbocycles. The number of hydrogen-bond acceptors (Lipinski definition) is 6. The lowest BCUT2D eigenvalue weighted by Gasteiger charge is -2.11. The number of phenols is 3. The minimum atomic E-state index is -0.657. The summed E-state index contributed by atoms with van der Waals surface area (Å²) in [5.41, 5.74) is 0.516. The number of unbranched alkanes of at least 4 members (excludes halogenated alkanes) is 6. The largest absolute Gasteiger partial charge is 0.507 e. The third-order valence-corrected chi connectivity index (χ3v) is 5.36. The molecule has 160 valence electrons. The van der Waals surface area contributed by atoms with Crippen molar-refractivity contribution in [1.82, 2.24) is 0 Å². The molecular weight excluding hydrogens is 384 g/mol. The molecule has 0 aliphatic rings. The molecule has 0 saturated carbocycles. The number of fused-ring (bicyclic) bond motifs is 1. The average molecular weight is 412 g/mol. The van der Waals surface area contributed by atoms with Gasteiger partial charge in [0.05, 0.1) is 10.9 Å². The zero-order chi connectivity index (χ0) is 21.7. The second-order valence-electron chi connectivity index (χ2n) is 7.63. The van der Waals surface area contributed by atoms with Crippen LogP contribution in [0.3, 0.4) is 0 Å². The molecule has 0 aliphatic carbocycles. The molecule has 0 atom stereocenters. The monoisotopic (exact) mass is 412 g/mol. The van der Waals surface area contributed by atoms with Crippen molar-refractivity contribution in [3.63, 3.8) is 0 Å². The SMILES string of the molecule is CCCCCCCCCc1cccc2c(=O)c(O)c(-c3cc(O)c(O)cc3O)oc12. The summed E-state index contributed by atoms with van der Waals surface area (Å²) in [4.78, 5) is 12.7. The molecule has 6 nitrogen and oxygen atoms in total. The van der Waals surface area contributed by atoms with Gasteiger partial charge in [-0.05, 0) is 30.5 Å². The van der Waals surface area contributed by atoms with E-state index in [2.05, 4.69) is 6.92 Å². The maximum absolute atomic E-state index is 12.7. The number of hydrogen-bond donors (Lipinski definition) is 4. The van der Waals surface area contributed by atoms with Crippen molar-refractivity contribution in [3.8, 4) is 34.3 Å². The molecule has 1 heterocycles. The van der Waals surface area contributed by atoms with Crippen molar-refractivity contribution in [1.29, 1.82) is 0 Å². The van der Waals surface area contributed by atoms with Crippen LogP contribution in [0.2, 0.25) is 0 Å². The maximum atomic E-state index is 12.7. The van der Waals surface area contributed by atoms with E-state index in [0.29, 0.717) is 5.58 Å². The Morgan fingerprint density at radius 2 is 1.50 bits per heavy atom. The zero-order valence-corrected chi connectivity index (χ0v) is 17.1. The predicted octanol–water partition coefficient (Wildman–Crippen LogP) is 5.58. The highest BCUT2D eigenvalue weighted by atomic mass is 16.4. The van der Waals surface area contributed by atoms with Crippen LogP contribution in [0, 0.1) is 0 Å². The van der Waals surface area contributed by atoms with Gasteiger partial charge in [0, 0.05) is 6.07 Å². The molecule has 1 aromatic heterocycles. The van der Waals surface area contributed by atoms with Crippen LogP contribution in [0.15, 0.2) is 39.5 Å². The highest BCUT2D eigenvalue weighted by Crippen LogP contribution is 2.41. The number of benzene rings is 2. The molecule has 0 spiro atoms. The summed E-state index contributed by atoms with van der Waals surface area (Å²) >= 11 is 0. The van der Waals surface area contributed by atoms with Gasteiger partial charge in [-0.15, -0.1) is 0 Å². The van der Waals surface area contributed by atoms with E-state index in [0.717, 1.165) is 37.0 Å². The third kappa shape index (κ3) is 4.53. The molecule has 0 amide bonds. The fourth-order valence-corrected chi connectivity index (χ4v) is 3.66. The van der Waals surface area contributed by atoms with Crippen molar-refractivity contribution >= 4 is 11.0 Å². The van der Waals surface area contributed by atoms with E-state index in [1.807, 2.05) is 6.07 Å². The summed E-state index contributed by atoms with van der Waals surface area (Å²) in [6.07, 6.45) is 8.90. The first kappa shape index (κ1) is 21.6. The van der Waals surface area contributed by atoms with Gasteiger partial charge in [0.1, 0.15) is 11.3 Å². The van der Waals surface area contributed by atoms with Gasteiger partial charge in [-0.1, -0.05) is 57.6 Å². The first-order valence-corrected chi connectivity index (χ1v) is 10.5. The number of rotatable bonds is 9. The number of aromatic hydroxyl groups is 4. The first-order valence-electron chi connectivity index (χ1n) is 10.5. The standard InChI is InChI=1S/C24H28O6/c1-2-3-4-5-6-7-8-10-15-11-9-12-16-21(28)22(29)24(30-23(15)16)17-13-19(26)20(27)14-18(17)25/h9,11-14,25-27,29H,2-8,10H2,1H3. The molecule has 4 N–H and O–H groups in total. The van der Waals surface area contributed by atoms with Crippen LogP contribution in [0.5, 0.6) is 23.0 Å². The van der Waals surface area contributed by atoms with Crippen molar-refractivity contribution in [2.24, 2.45) is 0 Å². The zero-order valence-electron chi connectivity index (χ0n) is 17.1. The molecule has 0 fully saturated rings. The second kappa shape index (κ2) is 9.57. The van der Waals surface area contributed by atoms with E-state index in [1.165, 1.54) is 32.1 Å². The van der Waals surface area contributed by atoms with Crippen molar-refractivity contribution in [3.05, 3.63) is 46.1 Å². The molecule has 0 saturated heterocycles. The number of para-hydroxylation sites is 1. The predicted molar refractivity (Wildman–Crippen MR) is 116 cm³/mol. The highest BCUT2D eigenvalue weighted by molar-refractivity contribution is 5.85. The van der Waals surface area contributed by atoms with Crippen LogP contribution in [-0.4, -0.2) is 20.4 Å². The molecular formula is C24H28O6. The van der Waals surface area contributed by atoms with Crippen molar-refractivity contribution in [2.75, 3.05) is 0 Å². The lowest BCUT2D eigenvalue weighted by Crippen LogP contribution is -2.04. The summed E-state index contributed by atoms with van der Waals surface area (Å²) in [7, 11) is 0. The van der Waals surface area contributed by atoms with Gasteiger partial charge in [0.25, 0.3) is 0 Å². The summed E-state index contributed by atoms with van der Waals surface area (Å²) < 4.78 is 5.87. The van der Waals surface area contributed by atoms with Crippen LogP contribution in [-0.2, 0) is 6.42 Å². The highest BCUT2D eigenvalue weighted by Gasteiger charge is 2.21. The number of phenolic OH excluding ortho intramolecular Hbond substituents is 3. The van der Waals surface area contributed by atoms with Crippen molar-refractivity contribution < 1.29 is 24.8 Å². The molecule has 3 rings (SSSR count). The average Bonchev–Trinajstić information content (AvgIpc) is 2.73. The molecule has 6 heteroatoms. The Morgan fingerprint density at radius 1 is 0.833 bits per heavy atom. The van der Waals surface area contributed by atoms with E-state index < -0.39 is 28.4 Å². The molecule has 0 radical (unpaired) electrons. The fraction of sp³-hybridized carbons (Fsp3) is 0.375. The van der Waals surface area contributed by atoms with Gasteiger partial charge in [0.15, 0.2) is 17.3 Å². The van der Waals surface area contributed by atoms with E-state index in [1.54, 1.807) is 12.1 Å². The molecule has 0 unspecified atom stereocenters. The van der Waals surface area contributed by atoms with Gasteiger partial charge < -0.3 is 24.8 Å². The van der Waals surface area contributed by atoms with Gasteiger partial charge in [-0.3, -0.25) is 4.79 Å². The molecule has 0 bridgehead atoms. The van der Waals surface area contributed by atoms with Crippen LogP contribution < -0.4 is 5.43 Å². The summed E-state index contributed by atoms with van der Waals surface area (Å²) in [6, 6.07) is 7.22. The lowest BCUT2D eigenvalue weighted by molar-refractivity contribution is 0.395. The van der Waals surface area contributed by atoms with E-state index in [4.69, 9.17) is 4.42 Å². The maximum Gasteiger partial charge on any atom is 0.235 e. The Hall–Kier alpha value is -3.15. The Morgan fingerprint density at radius 3 is 2.23 bits per heavy atom. The van der Waals surface area contributed by atoms with Gasteiger partial charge in [-0.2, -0.15) is 0 Å². The third-order valence-electron chi connectivity index (χ3n) is 5.36. The Bertz CT molecular complexity index is 1080. The van der Waals surface area contributed by atoms with Gasteiger partial charge in [0.2, 0.25) is 11.2 Å². The quantitative estimate of drug-likeness (QED) is 0.208. The Kier molecular flexibility index (Phi) is 6.87. The van der Waals surface area contributed by atoms with E-state index in [9.17, 15) is 25.2 Å². The van der Waals surface area contributed by atoms with E-state index in [-0.39, 0.29) is 16.7 Å². The molecule has 30 heavy (non-hydrogen) atoms.